The van der Waals surface area contributed by atoms with Crippen molar-refractivity contribution in [3.63, 3.8) is 0 Å². The normalized spacial score (nSPS) is 20.5. The smallest absolute Gasteiger partial charge is 0.308 e. The van der Waals surface area contributed by atoms with Gasteiger partial charge in [0.1, 0.15) is 5.52 Å². The van der Waals surface area contributed by atoms with E-state index in [9.17, 15) is 14.4 Å². The first-order chi connectivity index (χ1) is 11.5. The van der Waals surface area contributed by atoms with Crippen LogP contribution >= 0.6 is 0 Å². The Bertz CT molecular complexity index is 847. The molecule has 2 heterocycles. The minimum Gasteiger partial charge on any atom is -0.481 e. The predicted octanol–water partition coefficient (Wildman–Crippen LogP) is 0.361. The SMILES string of the molecule is C[C@@H]1CN(C(=O)CCn2nnc3ccccc3c2=O)C[C@H]1C(=O)O. The second-order valence-corrected chi connectivity index (χ2v) is 6.11. The van der Waals surface area contributed by atoms with Gasteiger partial charge in [0.2, 0.25) is 5.91 Å². The maximum Gasteiger partial charge on any atom is 0.308 e. The Labute approximate surface area is 137 Å². The first-order valence-corrected chi connectivity index (χ1v) is 7.80. The molecule has 8 nitrogen and oxygen atoms in total. The standard InChI is InChI=1S/C16H18N4O4/c1-10-8-19(9-12(10)16(23)24)14(21)6-7-20-15(22)11-4-2-3-5-13(11)17-18-20/h2-5,10,12H,6-9H2,1H3,(H,23,24)/t10-,12-/m1/s1. The van der Waals surface area contributed by atoms with Crippen LogP contribution in [0.3, 0.4) is 0 Å². The molecule has 24 heavy (non-hydrogen) atoms. The van der Waals surface area contributed by atoms with Crippen LogP contribution in [-0.4, -0.2) is 50.0 Å². The van der Waals surface area contributed by atoms with Crippen molar-refractivity contribution < 1.29 is 14.7 Å². The number of fused-ring (bicyclic) bond motifs is 1. The van der Waals surface area contributed by atoms with Crippen molar-refractivity contribution >= 4 is 22.8 Å². The highest BCUT2D eigenvalue weighted by atomic mass is 16.4. The number of aromatic nitrogens is 3. The van der Waals surface area contributed by atoms with E-state index < -0.39 is 11.9 Å². The van der Waals surface area contributed by atoms with Gasteiger partial charge in [0.05, 0.1) is 17.8 Å². The van der Waals surface area contributed by atoms with Gasteiger partial charge in [-0.15, -0.1) is 5.10 Å². The van der Waals surface area contributed by atoms with Crippen molar-refractivity contribution in [2.45, 2.75) is 19.9 Å². The van der Waals surface area contributed by atoms with Gasteiger partial charge in [0.15, 0.2) is 0 Å². The minimum atomic E-state index is -0.880. The van der Waals surface area contributed by atoms with Crippen molar-refractivity contribution in [3.05, 3.63) is 34.6 Å². The molecule has 1 aliphatic heterocycles. The van der Waals surface area contributed by atoms with Crippen LogP contribution in [0.25, 0.3) is 10.9 Å². The van der Waals surface area contributed by atoms with Crippen LogP contribution in [0.5, 0.6) is 0 Å². The summed E-state index contributed by atoms with van der Waals surface area (Å²) >= 11 is 0. The maximum absolute atomic E-state index is 12.3. The lowest BCUT2D eigenvalue weighted by atomic mass is 9.99. The molecule has 1 amide bonds. The topological polar surface area (TPSA) is 105 Å². The molecule has 0 spiro atoms. The van der Waals surface area contributed by atoms with E-state index in [2.05, 4.69) is 10.3 Å². The number of nitrogens with zero attached hydrogens (tertiary/aromatic N) is 4. The molecule has 1 fully saturated rings. The number of carboxylic acid groups (broad SMARTS) is 1. The summed E-state index contributed by atoms with van der Waals surface area (Å²) in [6, 6.07) is 6.90. The first-order valence-electron chi connectivity index (χ1n) is 7.80. The number of amides is 1. The molecule has 0 unspecified atom stereocenters. The molecule has 0 bridgehead atoms. The fraction of sp³-hybridized carbons (Fsp3) is 0.438. The van der Waals surface area contributed by atoms with E-state index in [-0.39, 0.29) is 36.9 Å². The number of hydrogen-bond acceptors (Lipinski definition) is 5. The van der Waals surface area contributed by atoms with Gasteiger partial charge in [-0.25, -0.2) is 4.68 Å². The van der Waals surface area contributed by atoms with E-state index in [4.69, 9.17) is 5.11 Å². The molecule has 1 aliphatic rings. The maximum atomic E-state index is 12.3. The highest BCUT2D eigenvalue weighted by Gasteiger charge is 2.36. The largest absolute Gasteiger partial charge is 0.481 e. The Kier molecular flexibility index (Phi) is 4.28. The second-order valence-electron chi connectivity index (χ2n) is 6.11. The number of carboxylic acids is 1. The highest BCUT2D eigenvalue weighted by Crippen LogP contribution is 2.23. The average Bonchev–Trinajstić information content (AvgIpc) is 2.96. The third kappa shape index (κ3) is 2.99. The summed E-state index contributed by atoms with van der Waals surface area (Å²) in [6.07, 6.45) is 0.0893. The van der Waals surface area contributed by atoms with Crippen LogP contribution in [0.2, 0.25) is 0 Å². The third-order valence-electron chi connectivity index (χ3n) is 4.45. The third-order valence-corrected chi connectivity index (χ3v) is 4.45. The lowest BCUT2D eigenvalue weighted by molar-refractivity contribution is -0.142. The zero-order valence-electron chi connectivity index (χ0n) is 13.3. The molecule has 126 valence electrons. The van der Waals surface area contributed by atoms with E-state index in [1.807, 2.05) is 6.92 Å². The van der Waals surface area contributed by atoms with Crippen LogP contribution in [0.4, 0.5) is 0 Å². The molecule has 0 radical (unpaired) electrons. The van der Waals surface area contributed by atoms with Crippen molar-refractivity contribution in [1.29, 1.82) is 0 Å². The minimum absolute atomic E-state index is 0.0744. The van der Waals surface area contributed by atoms with Gasteiger partial charge in [0.25, 0.3) is 5.56 Å². The van der Waals surface area contributed by atoms with Crippen LogP contribution in [0, 0.1) is 11.8 Å². The van der Waals surface area contributed by atoms with Crippen LogP contribution in [0.15, 0.2) is 29.1 Å². The monoisotopic (exact) mass is 330 g/mol. The molecule has 1 saturated heterocycles. The first kappa shape index (κ1) is 16.1. The quantitative estimate of drug-likeness (QED) is 0.868. The number of rotatable bonds is 4. The Balaban J connectivity index is 1.68. The van der Waals surface area contributed by atoms with Crippen molar-refractivity contribution in [3.8, 4) is 0 Å². The molecule has 3 rings (SSSR count). The average molecular weight is 330 g/mol. The summed E-state index contributed by atoms with van der Waals surface area (Å²) < 4.78 is 1.18. The molecule has 0 saturated carbocycles. The van der Waals surface area contributed by atoms with Gasteiger partial charge in [-0.2, -0.15) is 0 Å². The summed E-state index contributed by atoms with van der Waals surface area (Å²) in [5, 5.41) is 17.4. The van der Waals surface area contributed by atoms with E-state index in [0.29, 0.717) is 17.4 Å². The molecule has 1 aromatic carbocycles. The lowest BCUT2D eigenvalue weighted by Gasteiger charge is -2.15. The molecule has 8 heteroatoms. The summed E-state index contributed by atoms with van der Waals surface area (Å²) in [7, 11) is 0. The van der Waals surface area contributed by atoms with Gasteiger partial charge >= 0.3 is 5.97 Å². The number of carbonyl (C=O) groups is 2. The van der Waals surface area contributed by atoms with Gasteiger partial charge in [0, 0.05) is 19.5 Å². The Hall–Kier alpha value is -2.77. The van der Waals surface area contributed by atoms with E-state index in [1.165, 1.54) is 4.68 Å². The van der Waals surface area contributed by atoms with Crippen LogP contribution in [-0.2, 0) is 16.1 Å². The molecular weight excluding hydrogens is 312 g/mol. The van der Waals surface area contributed by atoms with Crippen molar-refractivity contribution in [1.82, 2.24) is 19.9 Å². The number of likely N-dealkylation sites (tertiary alicyclic amines) is 1. The number of carbonyl (C=O) groups excluding carboxylic acids is 1. The highest BCUT2D eigenvalue weighted by molar-refractivity contribution is 5.79. The Morgan fingerprint density at radius 1 is 1.29 bits per heavy atom. The number of aliphatic carboxylic acids is 1. The molecule has 2 aromatic rings. The number of hydrogen-bond donors (Lipinski definition) is 1. The van der Waals surface area contributed by atoms with Gasteiger partial charge in [-0.1, -0.05) is 24.3 Å². The molecule has 2 atom stereocenters. The molecule has 0 aliphatic carbocycles. The van der Waals surface area contributed by atoms with Crippen molar-refractivity contribution in [2.75, 3.05) is 13.1 Å². The van der Waals surface area contributed by atoms with Gasteiger partial charge in [-0.05, 0) is 18.1 Å². The summed E-state index contributed by atoms with van der Waals surface area (Å²) in [4.78, 5) is 37.3. The van der Waals surface area contributed by atoms with E-state index in [1.54, 1.807) is 29.2 Å². The van der Waals surface area contributed by atoms with Gasteiger partial charge in [-0.3, -0.25) is 14.4 Å². The Morgan fingerprint density at radius 3 is 2.75 bits per heavy atom. The Morgan fingerprint density at radius 2 is 2.04 bits per heavy atom. The predicted molar refractivity (Wildman–Crippen MR) is 85.3 cm³/mol. The molecular formula is C16H18N4O4. The zero-order valence-corrected chi connectivity index (χ0v) is 13.3. The summed E-state index contributed by atoms with van der Waals surface area (Å²) in [5.41, 5.74) is 0.231. The fourth-order valence-corrected chi connectivity index (χ4v) is 3.02. The van der Waals surface area contributed by atoms with Crippen LogP contribution in [0.1, 0.15) is 13.3 Å². The molecule has 1 N–H and O–H groups in total. The van der Waals surface area contributed by atoms with Crippen molar-refractivity contribution in [2.24, 2.45) is 11.8 Å². The second kappa shape index (κ2) is 6.38. The number of aryl methyl sites for hydroxylation is 1. The lowest BCUT2D eigenvalue weighted by Crippen LogP contribution is -2.32. The summed E-state index contributed by atoms with van der Waals surface area (Å²) in [6.45, 7) is 2.59. The number of benzene rings is 1. The summed E-state index contributed by atoms with van der Waals surface area (Å²) in [5.74, 6) is -1.66. The van der Waals surface area contributed by atoms with E-state index >= 15 is 0 Å². The van der Waals surface area contributed by atoms with Gasteiger partial charge < -0.3 is 10.0 Å². The fourth-order valence-electron chi connectivity index (χ4n) is 3.02. The van der Waals surface area contributed by atoms with E-state index in [0.717, 1.165) is 0 Å². The van der Waals surface area contributed by atoms with Crippen LogP contribution < -0.4 is 5.56 Å². The zero-order chi connectivity index (χ0) is 17.3. The molecule has 1 aromatic heterocycles.